The molecule has 0 spiro atoms. The van der Waals surface area contributed by atoms with Gasteiger partial charge in [-0.3, -0.25) is 4.79 Å². The lowest BCUT2D eigenvalue weighted by molar-refractivity contribution is -0.123. The van der Waals surface area contributed by atoms with Crippen molar-refractivity contribution in [1.29, 1.82) is 0 Å². The zero-order valence-corrected chi connectivity index (χ0v) is 10.7. The Balaban J connectivity index is 2.93. The van der Waals surface area contributed by atoms with E-state index in [-0.39, 0.29) is 5.91 Å². The van der Waals surface area contributed by atoms with Gasteiger partial charge in [-0.25, -0.2) is 0 Å². The third-order valence-corrected chi connectivity index (χ3v) is 2.33. The van der Waals surface area contributed by atoms with Gasteiger partial charge in [0.05, 0.1) is 12.8 Å². The predicted molar refractivity (Wildman–Crippen MR) is 66.1 cm³/mol. The van der Waals surface area contributed by atoms with E-state index in [1.807, 2.05) is 20.8 Å². The molecule has 0 heterocycles. The maximum Gasteiger partial charge on any atom is 0.229 e. The van der Waals surface area contributed by atoms with E-state index in [9.17, 15) is 4.79 Å². The van der Waals surface area contributed by atoms with Crippen LogP contribution in [0.5, 0.6) is 5.75 Å². The minimum Gasteiger partial charge on any atom is -0.495 e. The Morgan fingerprint density at radius 1 is 1.38 bits per heavy atom. The minimum atomic E-state index is -0.440. The average molecular weight is 242 g/mol. The molecule has 0 atom stereocenters. The molecule has 1 N–H and O–H groups in total. The second-order valence-electron chi connectivity index (χ2n) is 4.55. The summed E-state index contributed by atoms with van der Waals surface area (Å²) in [7, 11) is 1.54. The molecule has 0 aliphatic heterocycles. The second kappa shape index (κ2) is 4.74. The number of nitrogens with one attached hydrogen (secondary N) is 1. The number of hydrogen-bond acceptors (Lipinski definition) is 2. The van der Waals surface area contributed by atoms with Gasteiger partial charge in [-0.05, 0) is 12.1 Å². The summed E-state index contributed by atoms with van der Waals surface area (Å²) < 4.78 is 5.14. The van der Waals surface area contributed by atoms with Crippen molar-refractivity contribution in [2.24, 2.45) is 5.41 Å². The number of hydrogen-bond donors (Lipinski definition) is 1. The monoisotopic (exact) mass is 241 g/mol. The summed E-state index contributed by atoms with van der Waals surface area (Å²) in [4.78, 5) is 11.8. The fourth-order valence-corrected chi connectivity index (χ4v) is 1.24. The van der Waals surface area contributed by atoms with Gasteiger partial charge in [-0.2, -0.15) is 0 Å². The molecule has 0 radical (unpaired) electrons. The van der Waals surface area contributed by atoms with Crippen molar-refractivity contribution in [3.63, 3.8) is 0 Å². The first-order valence-corrected chi connectivity index (χ1v) is 5.37. The van der Waals surface area contributed by atoms with Gasteiger partial charge in [-0.15, -0.1) is 0 Å². The van der Waals surface area contributed by atoms with E-state index in [0.717, 1.165) is 0 Å². The maximum absolute atomic E-state index is 11.8. The highest BCUT2D eigenvalue weighted by Gasteiger charge is 2.22. The van der Waals surface area contributed by atoms with Crippen LogP contribution in [0.3, 0.4) is 0 Å². The van der Waals surface area contributed by atoms with Crippen molar-refractivity contribution in [3.8, 4) is 5.75 Å². The third-order valence-electron chi connectivity index (χ3n) is 2.09. The van der Waals surface area contributed by atoms with Crippen LogP contribution in [0.2, 0.25) is 5.02 Å². The van der Waals surface area contributed by atoms with Crippen molar-refractivity contribution >= 4 is 23.2 Å². The van der Waals surface area contributed by atoms with E-state index in [2.05, 4.69) is 5.32 Å². The molecule has 0 saturated carbocycles. The van der Waals surface area contributed by atoms with E-state index in [0.29, 0.717) is 16.5 Å². The third kappa shape index (κ3) is 3.14. The number of anilines is 1. The lowest BCUT2D eigenvalue weighted by Crippen LogP contribution is -2.27. The van der Waals surface area contributed by atoms with Crippen LogP contribution in [-0.2, 0) is 4.79 Å². The molecule has 1 amide bonds. The van der Waals surface area contributed by atoms with Gasteiger partial charge >= 0.3 is 0 Å². The summed E-state index contributed by atoms with van der Waals surface area (Å²) in [5, 5.41) is 3.38. The van der Waals surface area contributed by atoms with Crippen molar-refractivity contribution in [3.05, 3.63) is 23.2 Å². The maximum atomic E-state index is 11.8. The van der Waals surface area contributed by atoms with Crippen molar-refractivity contribution < 1.29 is 9.53 Å². The number of carbonyl (C=O) groups excluding carboxylic acids is 1. The highest BCUT2D eigenvalue weighted by molar-refractivity contribution is 6.30. The standard InChI is InChI=1S/C12H16ClNO2/c1-12(2,3)11(15)14-9-6-5-8(13)7-10(9)16-4/h5-7H,1-4H3,(H,14,15). The number of methoxy groups -OCH3 is 1. The Kier molecular flexibility index (Phi) is 3.81. The van der Waals surface area contributed by atoms with Crippen LogP contribution < -0.4 is 10.1 Å². The number of halogens is 1. The van der Waals surface area contributed by atoms with Gasteiger partial charge in [-0.1, -0.05) is 32.4 Å². The number of ether oxygens (including phenoxy) is 1. The molecule has 16 heavy (non-hydrogen) atoms. The van der Waals surface area contributed by atoms with Gasteiger partial charge in [0.25, 0.3) is 0 Å². The second-order valence-corrected chi connectivity index (χ2v) is 4.99. The van der Waals surface area contributed by atoms with Crippen LogP contribution >= 0.6 is 11.6 Å². The Morgan fingerprint density at radius 2 is 2.00 bits per heavy atom. The van der Waals surface area contributed by atoms with Crippen LogP contribution in [0.15, 0.2) is 18.2 Å². The molecule has 0 bridgehead atoms. The quantitative estimate of drug-likeness (QED) is 0.863. The molecule has 3 nitrogen and oxygen atoms in total. The Morgan fingerprint density at radius 3 is 2.50 bits per heavy atom. The lowest BCUT2D eigenvalue weighted by Gasteiger charge is -2.19. The molecule has 88 valence electrons. The molecular weight excluding hydrogens is 226 g/mol. The first-order valence-electron chi connectivity index (χ1n) is 4.99. The fraction of sp³-hybridized carbons (Fsp3) is 0.417. The molecule has 1 aromatic rings. The first kappa shape index (κ1) is 12.8. The Hall–Kier alpha value is -1.22. The largest absolute Gasteiger partial charge is 0.495 e. The summed E-state index contributed by atoms with van der Waals surface area (Å²) in [6.45, 7) is 5.56. The highest BCUT2D eigenvalue weighted by atomic mass is 35.5. The summed E-state index contributed by atoms with van der Waals surface area (Å²) in [6.07, 6.45) is 0. The molecule has 0 saturated heterocycles. The smallest absolute Gasteiger partial charge is 0.229 e. The van der Waals surface area contributed by atoms with Crippen LogP contribution in [-0.4, -0.2) is 13.0 Å². The molecule has 4 heteroatoms. The summed E-state index contributed by atoms with van der Waals surface area (Å²) in [5.74, 6) is 0.498. The van der Waals surface area contributed by atoms with Crippen molar-refractivity contribution in [2.75, 3.05) is 12.4 Å². The SMILES string of the molecule is COc1cc(Cl)ccc1NC(=O)C(C)(C)C. The van der Waals surface area contributed by atoms with Gasteiger partial charge in [0.2, 0.25) is 5.91 Å². The van der Waals surface area contributed by atoms with E-state index >= 15 is 0 Å². The van der Waals surface area contributed by atoms with E-state index < -0.39 is 5.41 Å². The molecule has 0 aromatic heterocycles. The number of carbonyl (C=O) groups is 1. The van der Waals surface area contributed by atoms with Crippen LogP contribution in [0.25, 0.3) is 0 Å². The normalized spacial score (nSPS) is 11.1. The fourth-order valence-electron chi connectivity index (χ4n) is 1.08. The number of benzene rings is 1. The Labute approximate surface area is 101 Å². The molecule has 1 rings (SSSR count). The molecule has 0 fully saturated rings. The minimum absolute atomic E-state index is 0.0619. The zero-order chi connectivity index (χ0) is 12.3. The Bertz CT molecular complexity index is 396. The molecule has 0 aliphatic rings. The molecule has 0 unspecified atom stereocenters. The van der Waals surface area contributed by atoms with E-state index in [4.69, 9.17) is 16.3 Å². The molecule has 1 aromatic carbocycles. The topological polar surface area (TPSA) is 38.3 Å². The van der Waals surface area contributed by atoms with E-state index in [1.165, 1.54) is 0 Å². The van der Waals surface area contributed by atoms with E-state index in [1.54, 1.807) is 25.3 Å². The average Bonchev–Trinajstić information content (AvgIpc) is 2.19. The van der Waals surface area contributed by atoms with Gasteiger partial charge in [0, 0.05) is 16.5 Å². The van der Waals surface area contributed by atoms with Gasteiger partial charge in [0.1, 0.15) is 5.75 Å². The summed E-state index contributed by atoms with van der Waals surface area (Å²) in [5.41, 5.74) is 0.191. The molecular formula is C12H16ClNO2. The lowest BCUT2D eigenvalue weighted by atomic mass is 9.95. The first-order chi connectivity index (χ1) is 7.34. The van der Waals surface area contributed by atoms with Crippen molar-refractivity contribution in [1.82, 2.24) is 0 Å². The molecule has 0 aliphatic carbocycles. The summed E-state index contributed by atoms with van der Waals surface area (Å²) >= 11 is 5.83. The number of amides is 1. The van der Waals surface area contributed by atoms with Crippen LogP contribution in [0, 0.1) is 5.41 Å². The number of rotatable bonds is 2. The van der Waals surface area contributed by atoms with Crippen molar-refractivity contribution in [2.45, 2.75) is 20.8 Å². The van der Waals surface area contributed by atoms with Crippen LogP contribution in [0.4, 0.5) is 5.69 Å². The highest BCUT2D eigenvalue weighted by Crippen LogP contribution is 2.29. The summed E-state index contributed by atoms with van der Waals surface area (Å²) in [6, 6.07) is 5.10. The van der Waals surface area contributed by atoms with Crippen LogP contribution in [0.1, 0.15) is 20.8 Å². The van der Waals surface area contributed by atoms with Gasteiger partial charge < -0.3 is 10.1 Å². The predicted octanol–water partition coefficient (Wildman–Crippen LogP) is 3.33. The van der Waals surface area contributed by atoms with Gasteiger partial charge in [0.15, 0.2) is 0 Å². The zero-order valence-electron chi connectivity index (χ0n) is 9.93.